The third-order valence-electron chi connectivity index (χ3n) is 3.08. The number of rotatable bonds is 4. The SMILES string of the molecule is COc1cc(O)c(C(=O)c2cc(S)c(OC)cc2O)cc1S. The number of ether oxygens (including phenoxy) is 2. The fourth-order valence-corrected chi connectivity index (χ4v) is 2.52. The van der Waals surface area contributed by atoms with E-state index in [1.165, 1.54) is 38.5 Å². The lowest BCUT2D eigenvalue weighted by Gasteiger charge is -2.11. The van der Waals surface area contributed by atoms with Gasteiger partial charge in [0.1, 0.15) is 23.0 Å². The molecule has 2 aromatic carbocycles. The molecule has 5 nitrogen and oxygen atoms in total. The van der Waals surface area contributed by atoms with Gasteiger partial charge in [0.25, 0.3) is 0 Å². The second-order valence-electron chi connectivity index (χ2n) is 4.41. The molecule has 116 valence electrons. The molecule has 0 aromatic heterocycles. The molecule has 7 heteroatoms. The third kappa shape index (κ3) is 2.95. The van der Waals surface area contributed by atoms with Crippen molar-refractivity contribution in [2.45, 2.75) is 9.79 Å². The van der Waals surface area contributed by atoms with Gasteiger partial charge >= 0.3 is 0 Å². The van der Waals surface area contributed by atoms with E-state index in [0.29, 0.717) is 21.3 Å². The molecule has 0 bridgehead atoms. The Morgan fingerprint density at radius 3 is 1.55 bits per heavy atom. The van der Waals surface area contributed by atoms with Gasteiger partial charge in [0, 0.05) is 21.9 Å². The predicted octanol–water partition coefficient (Wildman–Crippen LogP) is 2.92. The van der Waals surface area contributed by atoms with Crippen LogP contribution in [0.25, 0.3) is 0 Å². The fraction of sp³-hybridized carbons (Fsp3) is 0.133. The van der Waals surface area contributed by atoms with Crippen molar-refractivity contribution in [3.63, 3.8) is 0 Å². The van der Waals surface area contributed by atoms with Gasteiger partial charge in [-0.05, 0) is 12.1 Å². The van der Waals surface area contributed by atoms with Crippen molar-refractivity contribution in [1.82, 2.24) is 0 Å². The maximum absolute atomic E-state index is 12.5. The summed E-state index contributed by atoms with van der Waals surface area (Å²) in [4.78, 5) is 13.3. The van der Waals surface area contributed by atoms with E-state index in [2.05, 4.69) is 25.3 Å². The van der Waals surface area contributed by atoms with E-state index in [4.69, 9.17) is 9.47 Å². The summed E-state index contributed by atoms with van der Waals surface area (Å²) in [6.45, 7) is 0. The summed E-state index contributed by atoms with van der Waals surface area (Å²) in [6, 6.07) is 5.33. The van der Waals surface area contributed by atoms with Gasteiger partial charge in [-0.25, -0.2) is 0 Å². The number of methoxy groups -OCH3 is 2. The van der Waals surface area contributed by atoms with Crippen LogP contribution in [0, 0.1) is 0 Å². The van der Waals surface area contributed by atoms with Crippen LogP contribution >= 0.6 is 25.3 Å². The van der Waals surface area contributed by atoms with Gasteiger partial charge in [-0.15, -0.1) is 25.3 Å². The smallest absolute Gasteiger partial charge is 0.200 e. The highest BCUT2D eigenvalue weighted by Gasteiger charge is 2.21. The molecule has 0 unspecified atom stereocenters. The molecule has 0 aliphatic rings. The lowest BCUT2D eigenvalue weighted by Crippen LogP contribution is -2.04. The fourth-order valence-electron chi connectivity index (χ4n) is 1.95. The van der Waals surface area contributed by atoms with Crippen molar-refractivity contribution in [1.29, 1.82) is 0 Å². The number of phenols is 2. The molecule has 0 atom stereocenters. The summed E-state index contributed by atoms with van der Waals surface area (Å²) >= 11 is 8.39. The molecule has 0 amide bonds. The molecule has 0 fully saturated rings. The van der Waals surface area contributed by atoms with E-state index < -0.39 is 5.78 Å². The molecule has 2 aromatic rings. The summed E-state index contributed by atoms with van der Waals surface area (Å²) in [5, 5.41) is 20.0. The number of ketones is 1. The molecule has 0 saturated heterocycles. The molecule has 2 N–H and O–H groups in total. The lowest BCUT2D eigenvalue weighted by molar-refractivity contribution is 0.103. The molecule has 0 heterocycles. The van der Waals surface area contributed by atoms with Crippen LogP contribution in [0.2, 0.25) is 0 Å². The zero-order chi connectivity index (χ0) is 16.4. The largest absolute Gasteiger partial charge is 0.507 e. The highest BCUT2D eigenvalue weighted by Crippen LogP contribution is 2.36. The highest BCUT2D eigenvalue weighted by molar-refractivity contribution is 7.80. The first kappa shape index (κ1) is 16.4. The zero-order valence-electron chi connectivity index (χ0n) is 11.8. The van der Waals surface area contributed by atoms with E-state index in [-0.39, 0.29) is 22.6 Å². The number of thiol groups is 2. The van der Waals surface area contributed by atoms with Crippen LogP contribution in [0.15, 0.2) is 34.1 Å². The standard InChI is InChI=1S/C15H14O5S2/c1-19-11-5-9(16)7(3-13(11)21)15(18)8-4-14(22)12(20-2)6-10(8)17/h3-6,16-17,21-22H,1-2H3. The van der Waals surface area contributed by atoms with Crippen molar-refractivity contribution in [2.75, 3.05) is 14.2 Å². The van der Waals surface area contributed by atoms with Crippen molar-refractivity contribution in [3.8, 4) is 23.0 Å². The average Bonchev–Trinajstić information content (AvgIpc) is 2.50. The van der Waals surface area contributed by atoms with Crippen LogP contribution in [0.3, 0.4) is 0 Å². The molecular weight excluding hydrogens is 324 g/mol. The van der Waals surface area contributed by atoms with Crippen LogP contribution in [0.1, 0.15) is 15.9 Å². The molecule has 0 spiro atoms. The quantitative estimate of drug-likeness (QED) is 0.509. The normalized spacial score (nSPS) is 10.4. The number of carbonyl (C=O) groups is 1. The summed E-state index contributed by atoms with van der Waals surface area (Å²) < 4.78 is 10.0. The average molecular weight is 338 g/mol. The van der Waals surface area contributed by atoms with Crippen LogP contribution < -0.4 is 9.47 Å². The first-order valence-corrected chi connectivity index (χ1v) is 7.03. The third-order valence-corrected chi connectivity index (χ3v) is 3.78. The number of benzene rings is 2. The maximum atomic E-state index is 12.5. The van der Waals surface area contributed by atoms with E-state index in [0.717, 1.165) is 0 Å². The Kier molecular flexibility index (Phi) is 4.77. The Labute approximate surface area is 138 Å². The first-order valence-electron chi connectivity index (χ1n) is 6.13. The number of carbonyl (C=O) groups excluding carboxylic acids is 1. The monoisotopic (exact) mass is 338 g/mol. The summed E-state index contributed by atoms with van der Waals surface area (Å²) in [6.07, 6.45) is 0. The number of hydrogen-bond donors (Lipinski definition) is 4. The second-order valence-corrected chi connectivity index (χ2v) is 5.38. The molecule has 0 aliphatic carbocycles. The van der Waals surface area contributed by atoms with Gasteiger partial charge in [0.2, 0.25) is 5.78 Å². The minimum Gasteiger partial charge on any atom is -0.507 e. The number of aromatic hydroxyl groups is 2. The molecule has 0 radical (unpaired) electrons. The van der Waals surface area contributed by atoms with Crippen LogP contribution in [-0.4, -0.2) is 30.2 Å². The van der Waals surface area contributed by atoms with Gasteiger partial charge in [-0.2, -0.15) is 0 Å². The first-order chi connectivity index (χ1) is 10.4. The number of hydrogen-bond acceptors (Lipinski definition) is 7. The lowest BCUT2D eigenvalue weighted by atomic mass is 10.0. The van der Waals surface area contributed by atoms with Gasteiger partial charge in [0.15, 0.2) is 0 Å². The molecule has 0 aliphatic heterocycles. The predicted molar refractivity (Wildman–Crippen MR) is 87.3 cm³/mol. The summed E-state index contributed by atoms with van der Waals surface area (Å²) in [5.74, 6) is -0.422. The van der Waals surface area contributed by atoms with Gasteiger partial charge < -0.3 is 19.7 Å². The maximum Gasteiger partial charge on any atom is 0.200 e. The van der Waals surface area contributed by atoms with Crippen LogP contribution in [-0.2, 0) is 0 Å². The minimum absolute atomic E-state index is 0.000926. The van der Waals surface area contributed by atoms with E-state index in [1.54, 1.807) is 0 Å². The van der Waals surface area contributed by atoms with Gasteiger partial charge in [-0.1, -0.05) is 0 Å². The Bertz CT molecular complexity index is 682. The van der Waals surface area contributed by atoms with Crippen molar-refractivity contribution in [3.05, 3.63) is 35.4 Å². The second kappa shape index (κ2) is 6.41. The van der Waals surface area contributed by atoms with E-state index in [9.17, 15) is 15.0 Å². The van der Waals surface area contributed by atoms with Gasteiger partial charge in [0.05, 0.1) is 25.3 Å². The topological polar surface area (TPSA) is 76.0 Å². The van der Waals surface area contributed by atoms with Crippen molar-refractivity contribution in [2.24, 2.45) is 0 Å². The Hall–Kier alpha value is -1.99. The van der Waals surface area contributed by atoms with Crippen LogP contribution in [0.4, 0.5) is 0 Å². The Morgan fingerprint density at radius 1 is 0.864 bits per heavy atom. The van der Waals surface area contributed by atoms with Crippen LogP contribution in [0.5, 0.6) is 23.0 Å². The van der Waals surface area contributed by atoms with E-state index >= 15 is 0 Å². The van der Waals surface area contributed by atoms with Crippen molar-refractivity contribution < 1.29 is 24.5 Å². The molecule has 0 saturated carbocycles. The van der Waals surface area contributed by atoms with Crippen molar-refractivity contribution >= 4 is 31.0 Å². The summed E-state index contributed by atoms with van der Waals surface area (Å²) in [7, 11) is 2.86. The highest BCUT2D eigenvalue weighted by atomic mass is 32.1. The zero-order valence-corrected chi connectivity index (χ0v) is 13.6. The molecule has 22 heavy (non-hydrogen) atoms. The Morgan fingerprint density at radius 2 is 1.23 bits per heavy atom. The van der Waals surface area contributed by atoms with Gasteiger partial charge in [-0.3, -0.25) is 4.79 Å². The summed E-state index contributed by atoms with van der Waals surface area (Å²) in [5.41, 5.74) is -0.00185. The Balaban J connectivity index is 2.53. The molecule has 2 rings (SSSR count). The van der Waals surface area contributed by atoms with E-state index in [1.807, 2.05) is 0 Å². The minimum atomic E-state index is -0.564. The molecular formula is C15H14O5S2. The number of phenolic OH excluding ortho intramolecular Hbond substituents is 2.